The van der Waals surface area contributed by atoms with Gasteiger partial charge in [0.1, 0.15) is 0 Å². The van der Waals surface area contributed by atoms with Gasteiger partial charge in [-0.05, 0) is 12.1 Å². The zero-order chi connectivity index (χ0) is 12.6. The summed E-state index contributed by atoms with van der Waals surface area (Å²) in [6, 6.07) is 4.89. The third-order valence-electron chi connectivity index (χ3n) is 2.68. The summed E-state index contributed by atoms with van der Waals surface area (Å²) in [5.74, 6) is -2.31. The average Bonchev–Trinajstić information content (AvgIpc) is 2.65. The van der Waals surface area contributed by atoms with Gasteiger partial charge in [-0.15, -0.1) is 0 Å². The Hall–Kier alpha value is -1.26. The molecule has 0 aliphatic carbocycles. The van der Waals surface area contributed by atoms with Gasteiger partial charge in [0.2, 0.25) is 5.91 Å². The van der Waals surface area contributed by atoms with Gasteiger partial charge >= 0.3 is 0 Å². The molecule has 1 saturated heterocycles. The van der Waals surface area contributed by atoms with Gasteiger partial charge in [0.15, 0.2) is 0 Å². The van der Waals surface area contributed by atoms with E-state index in [-0.39, 0.29) is 23.9 Å². The Kier molecular flexibility index (Phi) is 3.26. The van der Waals surface area contributed by atoms with E-state index in [4.69, 9.17) is 23.2 Å². The van der Waals surface area contributed by atoms with E-state index >= 15 is 0 Å². The monoisotopic (exact) mass is 272 g/mol. The maximum Gasteiger partial charge on any atom is 0.227 e. The van der Waals surface area contributed by atoms with E-state index in [0.717, 1.165) is 0 Å². The topological polar surface area (TPSA) is 60.4 Å². The Morgan fingerprint density at radius 1 is 1.41 bits per heavy atom. The average molecular weight is 273 g/mol. The normalized spacial score (nSPS) is 19.8. The third kappa shape index (κ3) is 2.23. The van der Waals surface area contributed by atoms with E-state index in [1.807, 2.05) is 0 Å². The van der Waals surface area contributed by atoms with E-state index in [2.05, 4.69) is 0 Å². The van der Waals surface area contributed by atoms with Gasteiger partial charge in [-0.3, -0.25) is 4.79 Å². The van der Waals surface area contributed by atoms with Crippen LogP contribution < -0.4 is 10.0 Å². The molecule has 1 aliphatic rings. The van der Waals surface area contributed by atoms with Crippen LogP contribution in [0.2, 0.25) is 10.0 Å². The number of carbonyl (C=O) groups is 2. The largest absolute Gasteiger partial charge is 0.550 e. The highest BCUT2D eigenvalue weighted by atomic mass is 35.5. The first-order valence-corrected chi connectivity index (χ1v) is 5.71. The van der Waals surface area contributed by atoms with E-state index in [0.29, 0.717) is 10.7 Å². The number of hydrogen-bond acceptors (Lipinski definition) is 3. The van der Waals surface area contributed by atoms with Crippen LogP contribution in [0.4, 0.5) is 5.69 Å². The van der Waals surface area contributed by atoms with Gasteiger partial charge in [0.25, 0.3) is 0 Å². The molecule has 1 fully saturated rings. The first-order valence-electron chi connectivity index (χ1n) is 4.96. The lowest BCUT2D eigenvalue weighted by Crippen LogP contribution is -2.33. The van der Waals surface area contributed by atoms with Crippen LogP contribution in [0.3, 0.4) is 0 Å². The highest BCUT2D eigenvalue weighted by Gasteiger charge is 2.32. The number of anilines is 1. The maximum atomic E-state index is 11.7. The minimum absolute atomic E-state index is 0.0643. The van der Waals surface area contributed by atoms with Crippen LogP contribution in [0, 0.1) is 5.92 Å². The number of carboxylic acid groups (broad SMARTS) is 1. The van der Waals surface area contributed by atoms with Gasteiger partial charge in [0.05, 0.1) is 15.7 Å². The Balaban J connectivity index is 2.32. The molecule has 0 aromatic heterocycles. The molecular formula is C11H8Cl2NO3-. The SMILES string of the molecule is O=C([O-])[C@@H]1CC(=O)N(c2cccc(Cl)c2Cl)C1. The molecule has 0 bridgehead atoms. The van der Waals surface area contributed by atoms with Gasteiger partial charge < -0.3 is 14.8 Å². The van der Waals surface area contributed by atoms with Gasteiger partial charge in [-0.25, -0.2) is 0 Å². The van der Waals surface area contributed by atoms with Crippen molar-refractivity contribution in [1.82, 2.24) is 0 Å². The van der Waals surface area contributed by atoms with Crippen LogP contribution in [0.15, 0.2) is 18.2 Å². The van der Waals surface area contributed by atoms with Crippen molar-refractivity contribution in [2.45, 2.75) is 6.42 Å². The number of benzene rings is 1. The second kappa shape index (κ2) is 4.55. The first-order chi connectivity index (χ1) is 8.00. The molecule has 0 radical (unpaired) electrons. The highest BCUT2D eigenvalue weighted by Crippen LogP contribution is 2.35. The summed E-state index contributed by atoms with van der Waals surface area (Å²) in [6.07, 6.45) is -0.0643. The molecule has 1 heterocycles. The summed E-state index contributed by atoms with van der Waals surface area (Å²) in [4.78, 5) is 23.7. The molecule has 17 heavy (non-hydrogen) atoms. The number of nitrogens with zero attached hydrogens (tertiary/aromatic N) is 1. The fraction of sp³-hybridized carbons (Fsp3) is 0.273. The van der Waals surface area contributed by atoms with Gasteiger partial charge in [0, 0.05) is 24.9 Å². The number of hydrogen-bond donors (Lipinski definition) is 0. The number of aliphatic carboxylic acids is 1. The predicted octanol–water partition coefficient (Wildman–Crippen LogP) is 1.10. The molecule has 0 saturated carbocycles. The minimum Gasteiger partial charge on any atom is -0.550 e. The molecule has 1 aliphatic heterocycles. The molecule has 1 amide bonds. The number of carboxylic acids is 1. The molecule has 1 aromatic carbocycles. The molecule has 0 spiro atoms. The number of carbonyl (C=O) groups excluding carboxylic acids is 2. The Morgan fingerprint density at radius 2 is 2.12 bits per heavy atom. The lowest BCUT2D eigenvalue weighted by molar-refractivity contribution is -0.310. The van der Waals surface area contributed by atoms with Crippen molar-refractivity contribution in [3.63, 3.8) is 0 Å². The molecule has 1 aromatic rings. The van der Waals surface area contributed by atoms with Crippen molar-refractivity contribution in [3.05, 3.63) is 28.2 Å². The van der Waals surface area contributed by atoms with Crippen LogP contribution in [0.1, 0.15) is 6.42 Å². The van der Waals surface area contributed by atoms with E-state index in [1.165, 1.54) is 4.90 Å². The van der Waals surface area contributed by atoms with Crippen molar-refractivity contribution in [2.75, 3.05) is 11.4 Å². The van der Waals surface area contributed by atoms with Crippen LogP contribution >= 0.6 is 23.2 Å². The number of amides is 1. The van der Waals surface area contributed by atoms with Crippen molar-refractivity contribution in [3.8, 4) is 0 Å². The minimum atomic E-state index is -1.22. The van der Waals surface area contributed by atoms with Gasteiger partial charge in [-0.2, -0.15) is 0 Å². The standard InChI is InChI=1S/C11H9Cl2NO3/c12-7-2-1-3-8(10(7)13)14-5-6(11(16)17)4-9(14)15/h1-3,6H,4-5H2,(H,16,17)/p-1/t6-/m1/s1. The number of rotatable bonds is 2. The lowest BCUT2D eigenvalue weighted by Gasteiger charge is -2.18. The molecule has 1 atom stereocenters. The molecular weight excluding hydrogens is 265 g/mol. The zero-order valence-corrected chi connectivity index (χ0v) is 10.2. The summed E-state index contributed by atoms with van der Waals surface area (Å²) >= 11 is 11.8. The second-order valence-corrected chi connectivity index (χ2v) is 4.58. The molecule has 6 heteroatoms. The fourth-order valence-corrected chi connectivity index (χ4v) is 2.20. The summed E-state index contributed by atoms with van der Waals surface area (Å²) < 4.78 is 0. The van der Waals surface area contributed by atoms with E-state index in [9.17, 15) is 14.7 Å². The first kappa shape index (κ1) is 12.2. The molecule has 4 nitrogen and oxygen atoms in total. The van der Waals surface area contributed by atoms with Crippen molar-refractivity contribution in [2.24, 2.45) is 5.92 Å². The highest BCUT2D eigenvalue weighted by molar-refractivity contribution is 6.44. The Morgan fingerprint density at radius 3 is 2.71 bits per heavy atom. The number of halogens is 2. The van der Waals surface area contributed by atoms with Crippen molar-refractivity contribution in [1.29, 1.82) is 0 Å². The van der Waals surface area contributed by atoms with Crippen LogP contribution in [0.5, 0.6) is 0 Å². The molecule has 2 rings (SSSR count). The fourth-order valence-electron chi connectivity index (χ4n) is 1.80. The zero-order valence-electron chi connectivity index (χ0n) is 8.65. The quantitative estimate of drug-likeness (QED) is 0.810. The summed E-state index contributed by atoms with van der Waals surface area (Å²) in [6.45, 7) is 0.0707. The maximum absolute atomic E-state index is 11.7. The molecule has 0 unspecified atom stereocenters. The van der Waals surface area contributed by atoms with E-state index < -0.39 is 11.9 Å². The summed E-state index contributed by atoms with van der Waals surface area (Å²) in [5.41, 5.74) is 0.438. The van der Waals surface area contributed by atoms with Crippen LogP contribution in [0.25, 0.3) is 0 Å². The summed E-state index contributed by atoms with van der Waals surface area (Å²) in [5, 5.41) is 11.3. The predicted molar refractivity (Wildman–Crippen MR) is 61.9 cm³/mol. The lowest BCUT2D eigenvalue weighted by atomic mass is 10.1. The molecule has 90 valence electrons. The summed E-state index contributed by atoms with van der Waals surface area (Å²) in [7, 11) is 0. The van der Waals surface area contributed by atoms with Crippen molar-refractivity contribution < 1.29 is 14.7 Å². The molecule has 0 N–H and O–H groups in total. The Bertz CT molecular complexity index is 490. The van der Waals surface area contributed by atoms with Crippen molar-refractivity contribution >= 4 is 40.8 Å². The van der Waals surface area contributed by atoms with Gasteiger partial charge in [-0.1, -0.05) is 29.3 Å². The third-order valence-corrected chi connectivity index (χ3v) is 3.49. The van der Waals surface area contributed by atoms with Crippen LogP contribution in [-0.4, -0.2) is 18.4 Å². The Labute approximate surface area is 108 Å². The smallest absolute Gasteiger partial charge is 0.227 e. The second-order valence-electron chi connectivity index (χ2n) is 3.80. The van der Waals surface area contributed by atoms with Crippen LogP contribution in [-0.2, 0) is 9.59 Å². The van der Waals surface area contributed by atoms with E-state index in [1.54, 1.807) is 18.2 Å².